The molecule has 0 saturated heterocycles. The van der Waals surface area contributed by atoms with E-state index < -0.39 is 5.97 Å². The van der Waals surface area contributed by atoms with Gasteiger partial charge in [0.15, 0.2) is 0 Å². The van der Waals surface area contributed by atoms with E-state index in [4.69, 9.17) is 21.4 Å². The minimum Gasteiger partial charge on any atom is -0.489 e. The number of carbonyl (C=O) groups is 1. The average molecular weight is 422 g/mol. The van der Waals surface area contributed by atoms with Crippen LogP contribution >= 0.6 is 11.6 Å². The van der Waals surface area contributed by atoms with Crippen molar-refractivity contribution in [3.63, 3.8) is 0 Å². The molecule has 0 heterocycles. The number of hydrogen-bond acceptors (Lipinski definition) is 3. The molecule has 3 rings (SSSR count). The molecule has 0 aromatic heterocycles. The predicted octanol–water partition coefficient (Wildman–Crippen LogP) is 5.66. The summed E-state index contributed by atoms with van der Waals surface area (Å²) in [6.45, 7) is 1.49. The summed E-state index contributed by atoms with van der Waals surface area (Å²) in [6, 6.07) is 24.2. The topological polar surface area (TPSA) is 58.6 Å². The van der Waals surface area contributed by atoms with Crippen LogP contribution in [0.1, 0.15) is 17.5 Å². The molecule has 0 bridgehead atoms. The largest absolute Gasteiger partial charge is 0.489 e. The first-order chi connectivity index (χ1) is 14.6. The summed E-state index contributed by atoms with van der Waals surface area (Å²) in [7, 11) is 0. The lowest BCUT2D eigenvalue weighted by atomic mass is 10.0. The van der Waals surface area contributed by atoms with Gasteiger partial charge in [0, 0.05) is 13.1 Å². The lowest BCUT2D eigenvalue weighted by molar-refractivity contribution is -0.136. The molecular weight excluding hydrogens is 398 g/mol. The van der Waals surface area contributed by atoms with Crippen LogP contribution in [0.4, 0.5) is 0 Å². The number of ether oxygens (including phenoxy) is 1. The quantitative estimate of drug-likeness (QED) is 0.414. The number of nitrogens with one attached hydrogen (secondary N) is 1. The molecule has 0 saturated carbocycles. The van der Waals surface area contributed by atoms with Gasteiger partial charge in [-0.05, 0) is 40.5 Å². The zero-order chi connectivity index (χ0) is 21.2. The molecule has 154 valence electrons. The molecule has 0 radical (unpaired) electrons. The van der Waals surface area contributed by atoms with Crippen molar-refractivity contribution in [1.29, 1.82) is 0 Å². The van der Waals surface area contributed by atoms with Gasteiger partial charge in [0.25, 0.3) is 0 Å². The smallest absolute Gasteiger partial charge is 0.304 e. The van der Waals surface area contributed by atoms with Gasteiger partial charge >= 0.3 is 5.97 Å². The number of aliphatic carboxylic acids is 1. The second-order valence-electron chi connectivity index (χ2n) is 6.79. The molecule has 0 unspecified atom stereocenters. The summed E-state index contributed by atoms with van der Waals surface area (Å²) in [5.74, 6) is -0.0962. The van der Waals surface area contributed by atoms with Gasteiger partial charge in [0.05, 0.1) is 11.4 Å². The summed E-state index contributed by atoms with van der Waals surface area (Å²) >= 11 is 6.35. The Kier molecular flexibility index (Phi) is 8.07. The number of rotatable bonds is 10. The molecule has 3 aromatic rings. The van der Waals surface area contributed by atoms with Crippen molar-refractivity contribution in [3.05, 3.63) is 95.0 Å². The lowest BCUT2D eigenvalue weighted by Crippen LogP contribution is -2.17. The van der Waals surface area contributed by atoms with Crippen molar-refractivity contribution in [2.45, 2.75) is 13.0 Å². The van der Waals surface area contributed by atoms with E-state index in [9.17, 15) is 4.79 Å². The fourth-order valence-corrected chi connectivity index (χ4v) is 3.12. The number of hydrogen-bond donors (Lipinski definition) is 2. The van der Waals surface area contributed by atoms with E-state index in [1.807, 2.05) is 42.5 Å². The minimum atomic E-state index is -0.808. The second-order valence-corrected chi connectivity index (χ2v) is 7.19. The Morgan fingerprint density at radius 1 is 1.00 bits per heavy atom. The van der Waals surface area contributed by atoms with Crippen LogP contribution in [-0.4, -0.2) is 24.2 Å². The van der Waals surface area contributed by atoms with Crippen molar-refractivity contribution < 1.29 is 14.6 Å². The standard InChI is InChI=1S/C25H24ClNO3/c26-24-17-23(13-12-22(24)7-4-15-27-16-14-25(28)29)30-18-19-8-10-21(11-9-19)20-5-2-1-3-6-20/h1-13,17,27H,14-16,18H2,(H,28,29). The third-order valence-electron chi connectivity index (χ3n) is 4.51. The maximum Gasteiger partial charge on any atom is 0.304 e. The fourth-order valence-electron chi connectivity index (χ4n) is 2.89. The Bertz CT molecular complexity index is 985. The van der Waals surface area contributed by atoms with Crippen molar-refractivity contribution in [2.75, 3.05) is 13.1 Å². The van der Waals surface area contributed by atoms with Gasteiger partial charge in [-0.25, -0.2) is 0 Å². The van der Waals surface area contributed by atoms with E-state index in [2.05, 4.69) is 41.7 Å². The van der Waals surface area contributed by atoms with E-state index >= 15 is 0 Å². The predicted molar refractivity (Wildman–Crippen MR) is 122 cm³/mol. The summed E-state index contributed by atoms with van der Waals surface area (Å²) in [5.41, 5.74) is 4.34. The normalized spacial score (nSPS) is 11.0. The summed E-state index contributed by atoms with van der Waals surface area (Å²) in [5, 5.41) is 12.2. The van der Waals surface area contributed by atoms with Gasteiger partial charge < -0.3 is 15.2 Å². The van der Waals surface area contributed by atoms with Crippen molar-refractivity contribution >= 4 is 23.6 Å². The Hall–Kier alpha value is -3.08. The molecule has 0 atom stereocenters. The SMILES string of the molecule is O=C(O)CCNCC=Cc1ccc(OCc2ccc(-c3ccccc3)cc2)cc1Cl. The van der Waals surface area contributed by atoms with E-state index in [0.717, 1.165) is 11.1 Å². The van der Waals surface area contributed by atoms with Gasteiger partial charge in [-0.2, -0.15) is 0 Å². The molecule has 0 fully saturated rings. The molecule has 3 aromatic carbocycles. The van der Waals surface area contributed by atoms with E-state index in [-0.39, 0.29) is 6.42 Å². The number of benzene rings is 3. The summed E-state index contributed by atoms with van der Waals surface area (Å²) in [4.78, 5) is 10.5. The molecule has 0 amide bonds. The fraction of sp³-hybridized carbons (Fsp3) is 0.160. The van der Waals surface area contributed by atoms with Crippen LogP contribution in [0.25, 0.3) is 17.2 Å². The molecule has 5 heteroatoms. The first kappa shape index (κ1) is 21.6. The van der Waals surface area contributed by atoms with E-state index in [1.165, 1.54) is 11.1 Å². The van der Waals surface area contributed by atoms with Crippen molar-refractivity contribution in [2.24, 2.45) is 0 Å². The van der Waals surface area contributed by atoms with Crippen LogP contribution in [0.3, 0.4) is 0 Å². The molecule has 0 aliphatic carbocycles. The maximum atomic E-state index is 10.5. The zero-order valence-corrected chi connectivity index (χ0v) is 17.3. The summed E-state index contributed by atoms with van der Waals surface area (Å²) < 4.78 is 5.88. The molecule has 0 aliphatic heterocycles. The van der Waals surface area contributed by atoms with Crippen LogP contribution in [0.15, 0.2) is 78.9 Å². The monoisotopic (exact) mass is 421 g/mol. The highest BCUT2D eigenvalue weighted by Crippen LogP contribution is 2.25. The van der Waals surface area contributed by atoms with Crippen LogP contribution in [0.2, 0.25) is 5.02 Å². The number of carboxylic acids is 1. The van der Waals surface area contributed by atoms with Crippen LogP contribution in [0, 0.1) is 0 Å². The van der Waals surface area contributed by atoms with Crippen molar-refractivity contribution in [1.82, 2.24) is 5.32 Å². The third kappa shape index (κ3) is 6.76. The first-order valence-corrected chi connectivity index (χ1v) is 10.2. The average Bonchev–Trinajstić information content (AvgIpc) is 2.76. The highest BCUT2D eigenvalue weighted by atomic mass is 35.5. The zero-order valence-electron chi connectivity index (χ0n) is 16.6. The molecule has 0 aliphatic rings. The first-order valence-electron chi connectivity index (χ1n) is 9.77. The van der Waals surface area contributed by atoms with Gasteiger partial charge in [-0.15, -0.1) is 0 Å². The van der Waals surface area contributed by atoms with E-state index in [0.29, 0.717) is 30.5 Å². The highest BCUT2D eigenvalue weighted by molar-refractivity contribution is 6.32. The van der Waals surface area contributed by atoms with Crippen LogP contribution in [0.5, 0.6) is 5.75 Å². The van der Waals surface area contributed by atoms with Gasteiger partial charge in [-0.3, -0.25) is 4.79 Å². The van der Waals surface area contributed by atoms with Gasteiger partial charge in [0.2, 0.25) is 0 Å². The molecule has 2 N–H and O–H groups in total. The Labute approximate surface area is 181 Å². The number of carboxylic acid groups (broad SMARTS) is 1. The third-order valence-corrected chi connectivity index (χ3v) is 4.84. The van der Waals surface area contributed by atoms with Gasteiger partial charge in [0.1, 0.15) is 12.4 Å². The molecule has 4 nitrogen and oxygen atoms in total. The highest BCUT2D eigenvalue weighted by Gasteiger charge is 2.02. The maximum absolute atomic E-state index is 10.5. The number of halogens is 1. The van der Waals surface area contributed by atoms with Crippen molar-refractivity contribution in [3.8, 4) is 16.9 Å². The van der Waals surface area contributed by atoms with Gasteiger partial charge in [-0.1, -0.05) is 78.4 Å². The Balaban J connectivity index is 1.50. The molecule has 30 heavy (non-hydrogen) atoms. The lowest BCUT2D eigenvalue weighted by Gasteiger charge is -2.09. The Morgan fingerprint density at radius 2 is 1.73 bits per heavy atom. The minimum absolute atomic E-state index is 0.107. The van der Waals surface area contributed by atoms with Crippen LogP contribution < -0.4 is 10.1 Å². The summed E-state index contributed by atoms with van der Waals surface area (Å²) in [6.07, 6.45) is 3.93. The molecular formula is C25H24ClNO3. The molecule has 0 spiro atoms. The van der Waals surface area contributed by atoms with E-state index in [1.54, 1.807) is 6.07 Å². The van der Waals surface area contributed by atoms with Crippen LogP contribution in [-0.2, 0) is 11.4 Å². The second kappa shape index (κ2) is 11.2. The Morgan fingerprint density at radius 3 is 2.43 bits per heavy atom.